The van der Waals surface area contributed by atoms with Crippen molar-refractivity contribution in [3.05, 3.63) is 28.3 Å². The van der Waals surface area contributed by atoms with Gasteiger partial charge in [0, 0.05) is 5.56 Å². The smallest absolute Gasteiger partial charge is 0.179 e. The minimum absolute atomic E-state index is 0.0320. The maximum absolute atomic E-state index is 12.0. The molecule has 0 radical (unpaired) electrons. The third kappa shape index (κ3) is 2.54. The Balaban J connectivity index is 3.16. The highest BCUT2D eigenvalue weighted by Gasteiger charge is 2.17. The molecule has 1 N–H and O–H groups in total. The molecule has 0 aliphatic rings. The van der Waals surface area contributed by atoms with Crippen molar-refractivity contribution in [3.8, 4) is 5.75 Å². The number of benzene rings is 1. The number of likely N-dealkylation sites (N-methyl/N-ethyl adjacent to an activating group) is 1. The van der Waals surface area contributed by atoms with E-state index in [9.17, 15) is 4.79 Å². The van der Waals surface area contributed by atoms with Crippen molar-refractivity contribution in [2.24, 2.45) is 0 Å². The van der Waals surface area contributed by atoms with E-state index < -0.39 is 0 Å². The Kier molecular flexibility index (Phi) is 4.33. The fourth-order valence-electron chi connectivity index (χ4n) is 1.44. The van der Waals surface area contributed by atoms with Crippen LogP contribution in [0.5, 0.6) is 5.75 Å². The minimum Gasteiger partial charge on any atom is -0.495 e. The van der Waals surface area contributed by atoms with Crippen LogP contribution in [0.25, 0.3) is 0 Å². The Morgan fingerprint density at radius 2 is 2.12 bits per heavy atom. The molecule has 88 valence electrons. The van der Waals surface area contributed by atoms with Gasteiger partial charge in [0.25, 0.3) is 0 Å². The van der Waals surface area contributed by atoms with Crippen LogP contribution in [-0.4, -0.2) is 26.0 Å². The largest absolute Gasteiger partial charge is 0.495 e. The quantitative estimate of drug-likeness (QED) is 0.823. The molecule has 1 rings (SSSR count). The molecule has 0 fully saturated rings. The number of ketones is 1. The van der Waals surface area contributed by atoms with Gasteiger partial charge in [-0.25, -0.2) is 0 Å². The first-order valence-electron chi connectivity index (χ1n) is 5.06. The molecule has 16 heavy (non-hydrogen) atoms. The standard InChI is InChI=1S/C12H16ClNO2/c1-7-5-11(16-4)10(13)6-9(7)12(15)8(2)14-3/h5-6,8,14H,1-4H3. The number of nitrogens with one attached hydrogen (secondary N) is 1. The predicted molar refractivity (Wildman–Crippen MR) is 65.6 cm³/mol. The van der Waals surface area contributed by atoms with Crippen LogP contribution in [0.2, 0.25) is 5.02 Å². The van der Waals surface area contributed by atoms with Crippen molar-refractivity contribution in [1.29, 1.82) is 0 Å². The molecule has 1 aromatic rings. The van der Waals surface area contributed by atoms with Crippen molar-refractivity contribution in [3.63, 3.8) is 0 Å². The average Bonchev–Trinajstić information content (AvgIpc) is 2.29. The van der Waals surface area contributed by atoms with Crippen LogP contribution in [0.1, 0.15) is 22.8 Å². The summed E-state index contributed by atoms with van der Waals surface area (Å²) in [6, 6.07) is 3.22. The van der Waals surface area contributed by atoms with Crippen molar-refractivity contribution in [2.75, 3.05) is 14.2 Å². The monoisotopic (exact) mass is 241 g/mol. The molecular formula is C12H16ClNO2. The SMILES string of the molecule is CNC(C)C(=O)c1cc(Cl)c(OC)cc1C. The number of carbonyl (C=O) groups excluding carboxylic acids is 1. The molecule has 1 aromatic carbocycles. The fraction of sp³-hybridized carbons (Fsp3) is 0.417. The number of methoxy groups -OCH3 is 1. The number of carbonyl (C=O) groups is 1. The number of hydrogen-bond donors (Lipinski definition) is 1. The highest BCUT2D eigenvalue weighted by atomic mass is 35.5. The van der Waals surface area contributed by atoms with Gasteiger partial charge in [-0.15, -0.1) is 0 Å². The summed E-state index contributed by atoms with van der Waals surface area (Å²) in [6.45, 7) is 3.69. The topological polar surface area (TPSA) is 38.3 Å². The fourth-order valence-corrected chi connectivity index (χ4v) is 1.68. The summed E-state index contributed by atoms with van der Waals surface area (Å²) in [5.74, 6) is 0.623. The Morgan fingerprint density at radius 3 is 2.62 bits per heavy atom. The molecule has 1 unspecified atom stereocenters. The third-order valence-electron chi connectivity index (χ3n) is 2.59. The van der Waals surface area contributed by atoms with Crippen molar-refractivity contribution < 1.29 is 9.53 Å². The van der Waals surface area contributed by atoms with Crippen LogP contribution >= 0.6 is 11.6 Å². The lowest BCUT2D eigenvalue weighted by molar-refractivity contribution is 0.0954. The first-order chi connectivity index (χ1) is 7.51. The maximum Gasteiger partial charge on any atom is 0.179 e. The van der Waals surface area contributed by atoms with Crippen LogP contribution in [0, 0.1) is 6.92 Å². The third-order valence-corrected chi connectivity index (χ3v) is 2.89. The van der Waals surface area contributed by atoms with Gasteiger partial charge in [-0.1, -0.05) is 11.6 Å². The van der Waals surface area contributed by atoms with Gasteiger partial charge in [-0.05, 0) is 38.6 Å². The molecule has 0 aromatic heterocycles. The number of ether oxygens (including phenoxy) is 1. The molecule has 4 heteroatoms. The van der Waals surface area contributed by atoms with Gasteiger partial charge in [0.15, 0.2) is 5.78 Å². The van der Waals surface area contributed by atoms with Crippen molar-refractivity contribution in [1.82, 2.24) is 5.32 Å². The summed E-state index contributed by atoms with van der Waals surface area (Å²) in [4.78, 5) is 12.0. The van der Waals surface area contributed by atoms with Gasteiger partial charge in [0.2, 0.25) is 0 Å². The molecule has 3 nitrogen and oxygen atoms in total. The summed E-state index contributed by atoms with van der Waals surface area (Å²) in [7, 11) is 3.31. The molecule has 0 bridgehead atoms. The number of halogens is 1. The van der Waals surface area contributed by atoms with E-state index in [-0.39, 0.29) is 11.8 Å². The van der Waals surface area contributed by atoms with E-state index >= 15 is 0 Å². The second-order valence-electron chi connectivity index (χ2n) is 3.68. The highest BCUT2D eigenvalue weighted by molar-refractivity contribution is 6.32. The van der Waals surface area contributed by atoms with Crippen LogP contribution in [0.4, 0.5) is 0 Å². The summed E-state index contributed by atoms with van der Waals surface area (Å²) in [5, 5.41) is 3.37. The molecule has 0 saturated heterocycles. The zero-order chi connectivity index (χ0) is 12.3. The Bertz CT molecular complexity index is 404. The van der Waals surface area contributed by atoms with E-state index in [1.165, 1.54) is 0 Å². The van der Waals surface area contributed by atoms with Gasteiger partial charge in [0.05, 0.1) is 18.2 Å². The molecule has 0 amide bonds. The van der Waals surface area contributed by atoms with Crippen LogP contribution in [-0.2, 0) is 0 Å². The lowest BCUT2D eigenvalue weighted by Gasteiger charge is -2.13. The maximum atomic E-state index is 12.0. The van der Waals surface area contributed by atoms with Crippen LogP contribution in [0.15, 0.2) is 12.1 Å². The van der Waals surface area contributed by atoms with E-state index in [1.807, 2.05) is 13.8 Å². The molecule has 0 aliphatic carbocycles. The zero-order valence-corrected chi connectivity index (χ0v) is 10.7. The van der Waals surface area contributed by atoms with Crippen molar-refractivity contribution >= 4 is 17.4 Å². The Hall–Kier alpha value is -1.06. The number of rotatable bonds is 4. The first-order valence-corrected chi connectivity index (χ1v) is 5.44. The van der Waals surface area contributed by atoms with Gasteiger partial charge in [-0.2, -0.15) is 0 Å². The van der Waals surface area contributed by atoms with Gasteiger partial charge in [0.1, 0.15) is 5.75 Å². The number of Topliss-reactive ketones (excluding diaryl/α,β-unsaturated/α-hetero) is 1. The molecular weight excluding hydrogens is 226 g/mol. The van der Waals surface area contributed by atoms with Gasteiger partial charge >= 0.3 is 0 Å². The summed E-state index contributed by atoms with van der Waals surface area (Å²) in [5.41, 5.74) is 1.50. The van der Waals surface area contributed by atoms with E-state index in [0.717, 1.165) is 5.56 Å². The second kappa shape index (κ2) is 5.32. The van der Waals surface area contributed by atoms with E-state index in [0.29, 0.717) is 16.3 Å². The molecule has 0 spiro atoms. The Morgan fingerprint density at radius 1 is 1.50 bits per heavy atom. The van der Waals surface area contributed by atoms with Crippen molar-refractivity contribution in [2.45, 2.75) is 19.9 Å². The molecule has 0 saturated carbocycles. The molecule has 0 aliphatic heterocycles. The predicted octanol–water partition coefficient (Wildman–Crippen LogP) is 2.45. The first kappa shape index (κ1) is 13.0. The van der Waals surface area contributed by atoms with E-state index in [4.69, 9.17) is 16.3 Å². The second-order valence-corrected chi connectivity index (χ2v) is 4.08. The minimum atomic E-state index is -0.219. The normalized spacial score (nSPS) is 12.3. The Labute approximate surface area is 101 Å². The molecule has 0 heterocycles. The van der Waals surface area contributed by atoms with Crippen LogP contribution in [0.3, 0.4) is 0 Å². The lowest BCUT2D eigenvalue weighted by Crippen LogP contribution is -2.31. The summed E-state index contributed by atoms with van der Waals surface area (Å²) in [6.07, 6.45) is 0. The zero-order valence-electron chi connectivity index (χ0n) is 9.93. The van der Waals surface area contributed by atoms with Gasteiger partial charge < -0.3 is 10.1 Å². The number of aryl methyl sites for hydroxylation is 1. The van der Waals surface area contributed by atoms with Gasteiger partial charge in [-0.3, -0.25) is 4.79 Å². The molecule has 1 atom stereocenters. The lowest BCUT2D eigenvalue weighted by atomic mass is 10.0. The van der Waals surface area contributed by atoms with E-state index in [2.05, 4.69) is 5.32 Å². The van der Waals surface area contributed by atoms with Crippen LogP contribution < -0.4 is 10.1 Å². The van der Waals surface area contributed by atoms with E-state index in [1.54, 1.807) is 26.3 Å². The average molecular weight is 242 g/mol. The summed E-state index contributed by atoms with van der Waals surface area (Å²) < 4.78 is 5.09. The highest BCUT2D eigenvalue weighted by Crippen LogP contribution is 2.28. The number of hydrogen-bond acceptors (Lipinski definition) is 3. The summed E-state index contributed by atoms with van der Waals surface area (Å²) >= 11 is 6.00.